The highest BCUT2D eigenvalue weighted by atomic mass is 16.3. The molecule has 0 fully saturated rings. The van der Waals surface area contributed by atoms with E-state index in [2.05, 4.69) is 16.2 Å². The lowest BCUT2D eigenvalue weighted by Crippen LogP contribution is -2.26. The Bertz CT molecular complexity index is 890. The molecule has 128 valence electrons. The SMILES string of the molecule is Cc1nn(-c2ccccc2)c(Cn2cnc(C[C@H](N)CO)c2)c1C#N. The first-order valence-electron chi connectivity index (χ1n) is 8.03. The number of benzene rings is 1. The van der Waals surface area contributed by atoms with Crippen LogP contribution in [-0.4, -0.2) is 37.1 Å². The molecule has 7 nitrogen and oxygen atoms in total. The number of aromatic nitrogens is 4. The van der Waals surface area contributed by atoms with Crippen LogP contribution in [0.25, 0.3) is 5.69 Å². The van der Waals surface area contributed by atoms with Gasteiger partial charge in [0.05, 0.1) is 47.8 Å². The van der Waals surface area contributed by atoms with Crippen molar-refractivity contribution in [2.45, 2.75) is 25.9 Å². The van der Waals surface area contributed by atoms with Gasteiger partial charge in [0, 0.05) is 18.7 Å². The van der Waals surface area contributed by atoms with Crippen LogP contribution in [0.2, 0.25) is 0 Å². The standard InChI is InChI=1S/C18H20N6O/c1-13-17(8-19)18(24(22-13)16-5-3-2-4-6-16)10-23-9-15(21-12-23)7-14(20)11-25/h2-6,9,12,14,25H,7,10-11,20H2,1H3/t14-/m0/s1. The highest BCUT2D eigenvalue weighted by Gasteiger charge is 2.17. The van der Waals surface area contributed by atoms with Crippen LogP contribution in [0, 0.1) is 18.3 Å². The summed E-state index contributed by atoms with van der Waals surface area (Å²) in [4.78, 5) is 4.32. The Kier molecular flexibility index (Phi) is 4.93. The fraction of sp³-hybridized carbons (Fsp3) is 0.278. The first-order chi connectivity index (χ1) is 12.1. The number of para-hydroxylation sites is 1. The zero-order valence-electron chi connectivity index (χ0n) is 14.0. The Morgan fingerprint density at radius 3 is 2.76 bits per heavy atom. The van der Waals surface area contributed by atoms with Crippen LogP contribution in [0.3, 0.4) is 0 Å². The van der Waals surface area contributed by atoms with Crippen molar-refractivity contribution in [2.24, 2.45) is 5.73 Å². The van der Waals surface area contributed by atoms with Crippen molar-refractivity contribution >= 4 is 0 Å². The van der Waals surface area contributed by atoms with Crippen molar-refractivity contribution in [3.05, 3.63) is 65.5 Å². The lowest BCUT2D eigenvalue weighted by Gasteiger charge is -2.08. The molecule has 0 amide bonds. The predicted molar refractivity (Wildman–Crippen MR) is 93.1 cm³/mol. The van der Waals surface area contributed by atoms with E-state index in [1.165, 1.54) is 0 Å². The van der Waals surface area contributed by atoms with Crippen LogP contribution in [-0.2, 0) is 13.0 Å². The molecular formula is C18H20N6O. The van der Waals surface area contributed by atoms with Gasteiger partial charge in [0.25, 0.3) is 0 Å². The van der Waals surface area contributed by atoms with E-state index in [1.54, 1.807) is 11.0 Å². The Morgan fingerprint density at radius 1 is 1.32 bits per heavy atom. The number of nitrogens with two attached hydrogens (primary N) is 1. The number of aryl methyl sites for hydroxylation is 1. The normalized spacial score (nSPS) is 12.1. The Balaban J connectivity index is 1.93. The fourth-order valence-corrected chi connectivity index (χ4v) is 2.75. The molecule has 1 atom stereocenters. The molecule has 25 heavy (non-hydrogen) atoms. The minimum Gasteiger partial charge on any atom is -0.395 e. The van der Waals surface area contributed by atoms with E-state index in [9.17, 15) is 5.26 Å². The second kappa shape index (κ2) is 7.30. The molecule has 0 unspecified atom stereocenters. The lowest BCUT2D eigenvalue weighted by molar-refractivity contribution is 0.264. The molecule has 2 heterocycles. The Hall–Kier alpha value is -2.95. The molecule has 3 aromatic rings. The third kappa shape index (κ3) is 3.60. The number of hydrogen-bond donors (Lipinski definition) is 2. The molecule has 7 heteroatoms. The van der Waals surface area contributed by atoms with Gasteiger partial charge in [-0.1, -0.05) is 18.2 Å². The molecule has 0 saturated carbocycles. The maximum Gasteiger partial charge on any atom is 0.103 e. The van der Waals surface area contributed by atoms with E-state index < -0.39 is 0 Å². The van der Waals surface area contributed by atoms with Crippen molar-refractivity contribution in [3.8, 4) is 11.8 Å². The molecule has 1 aromatic carbocycles. The van der Waals surface area contributed by atoms with Crippen molar-refractivity contribution in [1.29, 1.82) is 5.26 Å². The van der Waals surface area contributed by atoms with Crippen molar-refractivity contribution in [1.82, 2.24) is 19.3 Å². The second-order valence-electron chi connectivity index (χ2n) is 5.95. The highest BCUT2D eigenvalue weighted by Crippen LogP contribution is 2.19. The quantitative estimate of drug-likeness (QED) is 0.702. The summed E-state index contributed by atoms with van der Waals surface area (Å²) in [6, 6.07) is 11.7. The van der Waals surface area contributed by atoms with Gasteiger partial charge in [0.1, 0.15) is 6.07 Å². The van der Waals surface area contributed by atoms with E-state index >= 15 is 0 Å². The van der Waals surface area contributed by atoms with Crippen LogP contribution in [0.1, 0.15) is 22.6 Å². The minimum atomic E-state index is -0.324. The Labute approximate surface area is 146 Å². The number of nitriles is 1. The first kappa shape index (κ1) is 16.9. The van der Waals surface area contributed by atoms with Gasteiger partial charge in [-0.25, -0.2) is 9.67 Å². The van der Waals surface area contributed by atoms with Gasteiger partial charge in [-0.15, -0.1) is 0 Å². The number of hydrogen-bond acceptors (Lipinski definition) is 5. The zero-order valence-corrected chi connectivity index (χ0v) is 14.0. The first-order valence-corrected chi connectivity index (χ1v) is 8.03. The summed E-state index contributed by atoms with van der Waals surface area (Å²) in [5.41, 5.74) is 9.55. The summed E-state index contributed by atoms with van der Waals surface area (Å²) in [5.74, 6) is 0. The van der Waals surface area contributed by atoms with Crippen LogP contribution in [0.15, 0.2) is 42.9 Å². The topological polar surface area (TPSA) is 106 Å². The largest absolute Gasteiger partial charge is 0.395 e. The molecule has 3 N–H and O–H groups in total. The molecule has 0 radical (unpaired) electrons. The fourth-order valence-electron chi connectivity index (χ4n) is 2.75. The summed E-state index contributed by atoms with van der Waals surface area (Å²) < 4.78 is 3.70. The predicted octanol–water partition coefficient (Wildman–Crippen LogP) is 1.16. The number of nitrogens with zero attached hydrogens (tertiary/aromatic N) is 5. The highest BCUT2D eigenvalue weighted by molar-refractivity contribution is 5.43. The van der Waals surface area contributed by atoms with E-state index in [1.807, 2.05) is 48.0 Å². The summed E-state index contributed by atoms with van der Waals surface area (Å²) in [6.45, 7) is 2.23. The van der Waals surface area contributed by atoms with E-state index in [4.69, 9.17) is 10.8 Å². The van der Waals surface area contributed by atoms with Crippen LogP contribution in [0.4, 0.5) is 0 Å². The van der Waals surface area contributed by atoms with Crippen molar-refractivity contribution in [3.63, 3.8) is 0 Å². The van der Waals surface area contributed by atoms with Crippen molar-refractivity contribution < 1.29 is 5.11 Å². The van der Waals surface area contributed by atoms with Gasteiger partial charge in [0.2, 0.25) is 0 Å². The molecular weight excluding hydrogens is 316 g/mol. The van der Waals surface area contributed by atoms with Gasteiger partial charge >= 0.3 is 0 Å². The number of rotatable bonds is 6. The maximum atomic E-state index is 9.52. The van der Waals surface area contributed by atoms with Crippen LogP contribution >= 0.6 is 0 Å². The zero-order chi connectivity index (χ0) is 17.8. The Morgan fingerprint density at radius 2 is 2.08 bits per heavy atom. The summed E-state index contributed by atoms with van der Waals surface area (Å²) in [7, 11) is 0. The lowest BCUT2D eigenvalue weighted by atomic mass is 10.2. The average molecular weight is 336 g/mol. The van der Waals surface area contributed by atoms with Crippen LogP contribution < -0.4 is 5.73 Å². The molecule has 0 aliphatic carbocycles. The molecule has 0 aliphatic rings. The maximum absolute atomic E-state index is 9.52. The van der Waals surface area contributed by atoms with E-state index in [0.29, 0.717) is 24.2 Å². The number of aliphatic hydroxyl groups is 1. The summed E-state index contributed by atoms with van der Waals surface area (Å²) in [5, 5.41) is 23.1. The molecule has 0 bridgehead atoms. The van der Waals surface area contributed by atoms with Gasteiger partial charge in [0.15, 0.2) is 0 Å². The van der Waals surface area contributed by atoms with E-state index in [-0.39, 0.29) is 12.6 Å². The van der Waals surface area contributed by atoms with Crippen LogP contribution in [0.5, 0.6) is 0 Å². The molecule has 3 rings (SSSR count). The third-order valence-electron chi connectivity index (χ3n) is 3.99. The third-order valence-corrected chi connectivity index (χ3v) is 3.99. The number of aliphatic hydroxyl groups excluding tert-OH is 1. The smallest absolute Gasteiger partial charge is 0.103 e. The molecule has 0 saturated heterocycles. The average Bonchev–Trinajstić information content (AvgIpc) is 3.19. The van der Waals surface area contributed by atoms with Gasteiger partial charge in [-0.3, -0.25) is 0 Å². The van der Waals surface area contributed by atoms with Crippen molar-refractivity contribution in [2.75, 3.05) is 6.61 Å². The van der Waals surface area contributed by atoms with Gasteiger partial charge in [-0.05, 0) is 19.1 Å². The monoisotopic (exact) mass is 336 g/mol. The summed E-state index contributed by atoms with van der Waals surface area (Å²) >= 11 is 0. The van der Waals surface area contributed by atoms with Gasteiger partial charge in [-0.2, -0.15) is 10.4 Å². The second-order valence-corrected chi connectivity index (χ2v) is 5.95. The molecule has 0 aliphatic heterocycles. The molecule has 2 aromatic heterocycles. The number of imidazole rings is 1. The molecule has 0 spiro atoms. The van der Waals surface area contributed by atoms with Gasteiger partial charge < -0.3 is 15.4 Å². The summed E-state index contributed by atoms with van der Waals surface area (Å²) in [6.07, 6.45) is 4.10. The minimum absolute atomic E-state index is 0.0780. The van der Waals surface area contributed by atoms with E-state index in [0.717, 1.165) is 17.1 Å².